The molecule has 0 aromatic heterocycles. The van der Waals surface area contributed by atoms with E-state index in [1.165, 1.54) is 17.1 Å². The van der Waals surface area contributed by atoms with Crippen LogP contribution in [0.2, 0.25) is 0 Å². The maximum absolute atomic E-state index is 13.0. The minimum Gasteiger partial charge on any atom is -0.379 e. The van der Waals surface area contributed by atoms with E-state index in [1.807, 2.05) is 13.0 Å². The van der Waals surface area contributed by atoms with Crippen LogP contribution in [0.4, 0.5) is 11.4 Å². The van der Waals surface area contributed by atoms with E-state index >= 15 is 0 Å². The number of nitrogens with zero attached hydrogens (tertiary/aromatic N) is 2. The molecule has 3 rings (SSSR count). The molecule has 0 atom stereocenters. The van der Waals surface area contributed by atoms with Crippen molar-refractivity contribution in [3.8, 4) is 0 Å². The molecule has 1 N–H and O–H groups in total. The molecule has 0 radical (unpaired) electrons. The summed E-state index contributed by atoms with van der Waals surface area (Å²) in [6.45, 7) is 5.32. The number of rotatable bonds is 6. The van der Waals surface area contributed by atoms with E-state index < -0.39 is 10.0 Å². The molecular weight excluding hydrogens is 378 g/mol. The number of hydrogen-bond donors (Lipinski definition) is 1. The molecule has 2 fully saturated rings. The summed E-state index contributed by atoms with van der Waals surface area (Å²) in [6.07, 6.45) is 5.79. The number of benzene rings is 1. The lowest BCUT2D eigenvalue weighted by Gasteiger charge is -2.28. The first-order valence-corrected chi connectivity index (χ1v) is 11.7. The van der Waals surface area contributed by atoms with Crippen molar-refractivity contribution in [2.45, 2.75) is 50.3 Å². The largest absolute Gasteiger partial charge is 0.379 e. The van der Waals surface area contributed by atoms with Gasteiger partial charge < -0.3 is 15.0 Å². The van der Waals surface area contributed by atoms with Gasteiger partial charge in [-0.1, -0.05) is 19.8 Å². The lowest BCUT2D eigenvalue weighted by atomic mass is 10.2. The van der Waals surface area contributed by atoms with Crippen LogP contribution in [0.25, 0.3) is 0 Å². The summed E-state index contributed by atoms with van der Waals surface area (Å²) in [7, 11) is -3.60. The van der Waals surface area contributed by atoms with Gasteiger partial charge in [-0.05, 0) is 37.5 Å². The highest BCUT2D eigenvalue weighted by atomic mass is 32.2. The minimum atomic E-state index is -3.60. The van der Waals surface area contributed by atoms with E-state index in [4.69, 9.17) is 4.74 Å². The second kappa shape index (κ2) is 9.71. The van der Waals surface area contributed by atoms with Crippen molar-refractivity contribution >= 4 is 27.3 Å². The fourth-order valence-electron chi connectivity index (χ4n) is 3.74. The Morgan fingerprint density at radius 2 is 1.75 bits per heavy atom. The number of sulfonamides is 1. The minimum absolute atomic E-state index is 0.0838. The first-order valence-electron chi connectivity index (χ1n) is 10.3. The van der Waals surface area contributed by atoms with E-state index in [9.17, 15) is 13.2 Å². The molecule has 2 heterocycles. The van der Waals surface area contributed by atoms with Gasteiger partial charge in [0.25, 0.3) is 0 Å². The van der Waals surface area contributed by atoms with Crippen molar-refractivity contribution in [3.05, 3.63) is 18.2 Å². The Hall–Kier alpha value is -1.64. The number of amides is 1. The third-order valence-corrected chi connectivity index (χ3v) is 7.17. The van der Waals surface area contributed by atoms with E-state index in [0.717, 1.165) is 38.0 Å². The van der Waals surface area contributed by atoms with Crippen LogP contribution in [0.5, 0.6) is 0 Å². The number of carbonyl (C=O) groups is 1. The molecule has 0 aliphatic carbocycles. The van der Waals surface area contributed by atoms with Gasteiger partial charge in [-0.15, -0.1) is 0 Å². The fourth-order valence-corrected chi connectivity index (χ4v) is 5.17. The van der Waals surface area contributed by atoms with E-state index in [1.54, 1.807) is 12.1 Å². The molecule has 0 spiro atoms. The molecular formula is C20H31N3O4S. The van der Waals surface area contributed by atoms with Crippen molar-refractivity contribution in [1.29, 1.82) is 0 Å². The molecule has 2 saturated heterocycles. The van der Waals surface area contributed by atoms with Gasteiger partial charge in [-0.2, -0.15) is 4.31 Å². The Morgan fingerprint density at radius 3 is 2.39 bits per heavy atom. The van der Waals surface area contributed by atoms with Gasteiger partial charge in [-0.3, -0.25) is 4.79 Å². The van der Waals surface area contributed by atoms with Crippen LogP contribution in [0, 0.1) is 0 Å². The highest BCUT2D eigenvalue weighted by Crippen LogP contribution is 2.32. The number of anilines is 2. The van der Waals surface area contributed by atoms with Gasteiger partial charge >= 0.3 is 0 Å². The molecule has 0 unspecified atom stereocenters. The smallest absolute Gasteiger partial charge is 0.243 e. The summed E-state index contributed by atoms with van der Waals surface area (Å²) in [5, 5.41) is 2.96. The van der Waals surface area contributed by atoms with Crippen LogP contribution in [0.1, 0.15) is 45.4 Å². The second-order valence-corrected chi connectivity index (χ2v) is 9.33. The molecule has 1 aromatic rings. The van der Waals surface area contributed by atoms with Crippen molar-refractivity contribution in [2.24, 2.45) is 0 Å². The van der Waals surface area contributed by atoms with E-state index in [2.05, 4.69) is 10.2 Å². The zero-order chi connectivity index (χ0) is 20.0. The van der Waals surface area contributed by atoms with E-state index in [0.29, 0.717) is 38.4 Å². The maximum atomic E-state index is 13.0. The zero-order valence-corrected chi connectivity index (χ0v) is 17.5. The van der Waals surface area contributed by atoms with Crippen LogP contribution in [0.3, 0.4) is 0 Å². The Bertz CT molecular complexity index is 768. The summed E-state index contributed by atoms with van der Waals surface area (Å²) in [6, 6.07) is 5.14. The third-order valence-electron chi connectivity index (χ3n) is 5.27. The molecule has 0 saturated carbocycles. The molecule has 2 aliphatic rings. The Balaban J connectivity index is 1.93. The lowest BCUT2D eigenvalue weighted by Crippen LogP contribution is -2.40. The predicted molar refractivity (Wildman–Crippen MR) is 110 cm³/mol. The summed E-state index contributed by atoms with van der Waals surface area (Å²) >= 11 is 0. The molecule has 2 aliphatic heterocycles. The standard InChI is InChI=1S/C20H31N3O4S/c1-2-7-20(24)21-18-16-17(28(25,26)23-12-14-27-15-13-23)8-9-19(18)22-10-5-3-4-6-11-22/h8-9,16H,2-7,10-15H2,1H3,(H,21,24). The van der Waals surface area contributed by atoms with Crippen molar-refractivity contribution in [3.63, 3.8) is 0 Å². The lowest BCUT2D eigenvalue weighted by molar-refractivity contribution is -0.116. The SMILES string of the molecule is CCCC(=O)Nc1cc(S(=O)(=O)N2CCOCC2)ccc1N1CCCCCC1. The summed E-state index contributed by atoms with van der Waals surface area (Å²) in [5.41, 5.74) is 1.50. The second-order valence-electron chi connectivity index (χ2n) is 7.39. The third kappa shape index (κ3) is 5.04. The van der Waals surface area contributed by atoms with Crippen LogP contribution in [-0.2, 0) is 19.6 Å². The van der Waals surface area contributed by atoms with Gasteiger partial charge in [0.05, 0.1) is 29.5 Å². The first-order chi connectivity index (χ1) is 13.5. The predicted octanol–water partition coefficient (Wildman–Crippen LogP) is 2.83. The van der Waals surface area contributed by atoms with Crippen LogP contribution < -0.4 is 10.2 Å². The average molecular weight is 410 g/mol. The van der Waals surface area contributed by atoms with Gasteiger partial charge in [0.15, 0.2) is 0 Å². The van der Waals surface area contributed by atoms with Gasteiger partial charge in [0.1, 0.15) is 0 Å². The van der Waals surface area contributed by atoms with Crippen LogP contribution >= 0.6 is 0 Å². The molecule has 1 amide bonds. The Kier molecular flexibility index (Phi) is 7.31. The molecule has 28 heavy (non-hydrogen) atoms. The maximum Gasteiger partial charge on any atom is 0.243 e. The number of morpholine rings is 1. The molecule has 156 valence electrons. The number of hydrogen-bond acceptors (Lipinski definition) is 5. The fraction of sp³-hybridized carbons (Fsp3) is 0.650. The number of nitrogens with one attached hydrogen (secondary N) is 1. The quantitative estimate of drug-likeness (QED) is 0.782. The summed E-state index contributed by atoms with van der Waals surface area (Å²) in [5.74, 6) is -0.0838. The van der Waals surface area contributed by atoms with E-state index in [-0.39, 0.29) is 10.8 Å². The highest BCUT2D eigenvalue weighted by Gasteiger charge is 2.27. The van der Waals surface area contributed by atoms with Gasteiger partial charge in [-0.25, -0.2) is 8.42 Å². The van der Waals surface area contributed by atoms with Crippen LogP contribution in [0.15, 0.2) is 23.1 Å². The average Bonchev–Trinajstić information content (AvgIpc) is 2.98. The van der Waals surface area contributed by atoms with Crippen LogP contribution in [-0.4, -0.2) is 58.0 Å². The monoisotopic (exact) mass is 409 g/mol. The zero-order valence-electron chi connectivity index (χ0n) is 16.7. The Labute approximate surface area is 168 Å². The van der Waals surface area contributed by atoms with Gasteiger partial charge in [0.2, 0.25) is 15.9 Å². The number of ether oxygens (including phenoxy) is 1. The Morgan fingerprint density at radius 1 is 1.07 bits per heavy atom. The molecule has 7 nitrogen and oxygen atoms in total. The topological polar surface area (TPSA) is 79.0 Å². The van der Waals surface area contributed by atoms with Crippen molar-refractivity contribution < 1.29 is 17.9 Å². The van der Waals surface area contributed by atoms with Gasteiger partial charge in [0, 0.05) is 32.6 Å². The normalized spacial score (nSPS) is 19.2. The number of carbonyl (C=O) groups excluding carboxylic acids is 1. The molecule has 0 bridgehead atoms. The van der Waals surface area contributed by atoms with Crippen molar-refractivity contribution in [2.75, 3.05) is 49.6 Å². The first kappa shape index (κ1) is 21.1. The molecule has 1 aromatic carbocycles. The summed E-state index contributed by atoms with van der Waals surface area (Å²) in [4.78, 5) is 14.8. The van der Waals surface area contributed by atoms with Crippen molar-refractivity contribution in [1.82, 2.24) is 4.31 Å². The molecule has 8 heteroatoms. The summed E-state index contributed by atoms with van der Waals surface area (Å²) < 4.78 is 32.8. The highest BCUT2D eigenvalue weighted by molar-refractivity contribution is 7.89.